The fourth-order valence-electron chi connectivity index (χ4n) is 2.74. The molecule has 0 saturated heterocycles. The lowest BCUT2D eigenvalue weighted by Gasteiger charge is -2.12. The zero-order valence-electron chi connectivity index (χ0n) is 15.8. The average Bonchev–Trinajstić information content (AvgIpc) is 2.80. The minimum absolute atomic E-state index is 0.126. The highest BCUT2D eigenvalue weighted by Gasteiger charge is 2.18. The first kappa shape index (κ1) is 19.5. The maximum atomic E-state index is 12.8. The standard InChI is InChI=1S/C23H17ClN4O2/c24-19-10-4-5-11-20(19)30-23-18(22(29)27-14-16-7-6-12-25-13-16)15-26-21(28-23)17-8-2-1-3-9-17/h1-13,15H,14H2,(H,27,29). The van der Waals surface area contributed by atoms with Gasteiger partial charge in [-0.15, -0.1) is 0 Å². The number of hydrogen-bond donors (Lipinski definition) is 1. The van der Waals surface area contributed by atoms with Crippen molar-refractivity contribution < 1.29 is 9.53 Å². The van der Waals surface area contributed by atoms with E-state index in [0.29, 0.717) is 23.1 Å². The summed E-state index contributed by atoms with van der Waals surface area (Å²) in [5.74, 6) is 0.612. The molecule has 0 bridgehead atoms. The van der Waals surface area contributed by atoms with Gasteiger partial charge in [0.25, 0.3) is 5.91 Å². The van der Waals surface area contributed by atoms with Crippen LogP contribution in [0.3, 0.4) is 0 Å². The van der Waals surface area contributed by atoms with Crippen LogP contribution in [0.25, 0.3) is 11.4 Å². The Bertz CT molecular complexity index is 1150. The second-order valence-electron chi connectivity index (χ2n) is 6.35. The Morgan fingerprint density at radius 1 is 0.967 bits per heavy atom. The molecule has 0 aliphatic heterocycles. The number of benzene rings is 2. The van der Waals surface area contributed by atoms with Gasteiger partial charge in [-0.05, 0) is 23.8 Å². The van der Waals surface area contributed by atoms with E-state index in [0.717, 1.165) is 11.1 Å². The van der Waals surface area contributed by atoms with Gasteiger partial charge in [0, 0.05) is 30.7 Å². The van der Waals surface area contributed by atoms with Gasteiger partial charge >= 0.3 is 0 Å². The maximum absolute atomic E-state index is 12.8. The molecule has 0 fully saturated rings. The molecule has 148 valence electrons. The summed E-state index contributed by atoms with van der Waals surface area (Å²) in [5, 5.41) is 3.26. The van der Waals surface area contributed by atoms with Gasteiger partial charge in [0.1, 0.15) is 11.3 Å². The highest BCUT2D eigenvalue weighted by atomic mass is 35.5. The number of halogens is 1. The van der Waals surface area contributed by atoms with E-state index in [4.69, 9.17) is 16.3 Å². The topological polar surface area (TPSA) is 77.0 Å². The third-order valence-corrected chi connectivity index (χ3v) is 4.56. The van der Waals surface area contributed by atoms with Crippen molar-refractivity contribution in [3.8, 4) is 23.0 Å². The van der Waals surface area contributed by atoms with E-state index < -0.39 is 0 Å². The molecule has 0 spiro atoms. The highest BCUT2D eigenvalue weighted by Crippen LogP contribution is 2.30. The average molecular weight is 417 g/mol. The number of aromatic nitrogens is 3. The van der Waals surface area contributed by atoms with Crippen LogP contribution in [0.1, 0.15) is 15.9 Å². The third kappa shape index (κ3) is 4.61. The molecule has 0 aliphatic carbocycles. The molecule has 1 N–H and O–H groups in total. The molecule has 7 heteroatoms. The van der Waals surface area contributed by atoms with Crippen LogP contribution in [0, 0.1) is 0 Å². The summed E-state index contributed by atoms with van der Waals surface area (Å²) in [5.41, 5.74) is 1.89. The van der Waals surface area contributed by atoms with Gasteiger partial charge in [-0.1, -0.05) is 60.1 Å². The van der Waals surface area contributed by atoms with Crippen LogP contribution < -0.4 is 10.1 Å². The Morgan fingerprint density at radius 3 is 2.53 bits per heavy atom. The summed E-state index contributed by atoms with van der Waals surface area (Å²) < 4.78 is 5.92. The SMILES string of the molecule is O=C(NCc1cccnc1)c1cnc(-c2ccccc2)nc1Oc1ccccc1Cl. The molecule has 4 rings (SSSR count). The molecule has 0 saturated carbocycles. The zero-order chi connectivity index (χ0) is 20.8. The fourth-order valence-corrected chi connectivity index (χ4v) is 2.91. The van der Waals surface area contributed by atoms with Gasteiger partial charge in [-0.2, -0.15) is 4.98 Å². The number of hydrogen-bond acceptors (Lipinski definition) is 5. The van der Waals surface area contributed by atoms with Crippen LogP contribution in [0.2, 0.25) is 5.02 Å². The van der Waals surface area contributed by atoms with E-state index in [2.05, 4.69) is 20.3 Å². The Balaban J connectivity index is 1.66. The van der Waals surface area contributed by atoms with E-state index in [-0.39, 0.29) is 17.4 Å². The second-order valence-corrected chi connectivity index (χ2v) is 6.76. The second kappa shape index (κ2) is 9.15. The Kier molecular flexibility index (Phi) is 5.96. The molecule has 0 unspecified atom stereocenters. The number of nitrogens with zero attached hydrogens (tertiary/aromatic N) is 3. The van der Waals surface area contributed by atoms with Gasteiger partial charge in [0.05, 0.1) is 5.02 Å². The van der Waals surface area contributed by atoms with E-state index in [1.54, 1.807) is 36.7 Å². The smallest absolute Gasteiger partial charge is 0.258 e. The first-order valence-electron chi connectivity index (χ1n) is 9.22. The van der Waals surface area contributed by atoms with E-state index in [1.807, 2.05) is 42.5 Å². The molecule has 6 nitrogen and oxygen atoms in total. The van der Waals surface area contributed by atoms with Crippen LogP contribution in [-0.4, -0.2) is 20.9 Å². The number of nitrogens with one attached hydrogen (secondary N) is 1. The molecule has 2 aromatic carbocycles. The number of carbonyl (C=O) groups is 1. The van der Waals surface area contributed by atoms with Gasteiger partial charge in [-0.25, -0.2) is 4.98 Å². The van der Waals surface area contributed by atoms with Gasteiger partial charge in [0.2, 0.25) is 5.88 Å². The van der Waals surface area contributed by atoms with E-state index >= 15 is 0 Å². The van der Waals surface area contributed by atoms with E-state index in [9.17, 15) is 4.79 Å². The van der Waals surface area contributed by atoms with Gasteiger partial charge in [-0.3, -0.25) is 9.78 Å². The Morgan fingerprint density at radius 2 is 1.77 bits per heavy atom. The largest absolute Gasteiger partial charge is 0.436 e. The monoisotopic (exact) mass is 416 g/mol. The lowest BCUT2D eigenvalue weighted by molar-refractivity contribution is 0.0947. The normalized spacial score (nSPS) is 10.4. The maximum Gasteiger partial charge on any atom is 0.258 e. The predicted octanol–water partition coefficient (Wildman–Crippen LogP) is 4.91. The van der Waals surface area contributed by atoms with Gasteiger partial charge in [0.15, 0.2) is 5.82 Å². The lowest BCUT2D eigenvalue weighted by Crippen LogP contribution is -2.24. The molecule has 4 aromatic rings. The molecule has 1 amide bonds. The van der Waals surface area contributed by atoms with E-state index in [1.165, 1.54) is 6.20 Å². The van der Waals surface area contributed by atoms with Crippen LogP contribution >= 0.6 is 11.6 Å². The molecule has 0 aliphatic rings. The summed E-state index contributed by atoms with van der Waals surface area (Å²) in [6.07, 6.45) is 4.83. The molecular weight excluding hydrogens is 400 g/mol. The van der Waals surface area contributed by atoms with Crippen LogP contribution in [0.4, 0.5) is 0 Å². The number of pyridine rings is 1. The van der Waals surface area contributed by atoms with Crippen molar-refractivity contribution in [1.82, 2.24) is 20.3 Å². The first-order chi connectivity index (χ1) is 14.7. The highest BCUT2D eigenvalue weighted by molar-refractivity contribution is 6.32. The van der Waals surface area contributed by atoms with Crippen molar-refractivity contribution in [2.45, 2.75) is 6.54 Å². The number of rotatable bonds is 6. The molecule has 30 heavy (non-hydrogen) atoms. The Hall–Kier alpha value is -3.77. The molecule has 2 aromatic heterocycles. The summed E-state index contributed by atoms with van der Waals surface area (Å²) >= 11 is 6.23. The van der Waals surface area contributed by atoms with Crippen LogP contribution in [-0.2, 0) is 6.54 Å². The quantitative estimate of drug-likeness (QED) is 0.483. The number of para-hydroxylation sites is 1. The minimum Gasteiger partial charge on any atom is -0.436 e. The summed E-state index contributed by atoms with van der Waals surface area (Å²) in [4.78, 5) is 25.7. The Labute approximate surface area is 178 Å². The molecule has 2 heterocycles. The van der Waals surface area contributed by atoms with Gasteiger partial charge < -0.3 is 10.1 Å². The van der Waals surface area contributed by atoms with Crippen molar-refractivity contribution in [3.05, 3.63) is 101 Å². The number of ether oxygens (including phenoxy) is 1. The molecule has 0 atom stereocenters. The molecule has 0 radical (unpaired) electrons. The predicted molar refractivity (Wildman–Crippen MR) is 114 cm³/mol. The van der Waals surface area contributed by atoms with Crippen molar-refractivity contribution in [3.63, 3.8) is 0 Å². The third-order valence-electron chi connectivity index (χ3n) is 4.25. The lowest BCUT2D eigenvalue weighted by atomic mass is 10.2. The van der Waals surface area contributed by atoms with Crippen molar-refractivity contribution in [2.24, 2.45) is 0 Å². The van der Waals surface area contributed by atoms with Crippen LogP contribution in [0.15, 0.2) is 85.3 Å². The summed E-state index contributed by atoms with van der Waals surface area (Å²) in [6, 6.07) is 20.2. The summed E-state index contributed by atoms with van der Waals surface area (Å²) in [6.45, 7) is 0.318. The number of carbonyl (C=O) groups excluding carboxylic acids is 1. The summed E-state index contributed by atoms with van der Waals surface area (Å²) in [7, 11) is 0. The number of amides is 1. The zero-order valence-corrected chi connectivity index (χ0v) is 16.6. The first-order valence-corrected chi connectivity index (χ1v) is 9.60. The van der Waals surface area contributed by atoms with Crippen molar-refractivity contribution >= 4 is 17.5 Å². The fraction of sp³-hybridized carbons (Fsp3) is 0.0435. The minimum atomic E-state index is -0.361. The van der Waals surface area contributed by atoms with Crippen LogP contribution in [0.5, 0.6) is 11.6 Å². The molecular formula is C23H17ClN4O2. The van der Waals surface area contributed by atoms with Crippen molar-refractivity contribution in [2.75, 3.05) is 0 Å². The van der Waals surface area contributed by atoms with Crippen molar-refractivity contribution in [1.29, 1.82) is 0 Å².